The molecule has 0 bridgehead atoms. The van der Waals surface area contributed by atoms with Gasteiger partial charge in [-0.15, -0.1) is 0 Å². The summed E-state index contributed by atoms with van der Waals surface area (Å²) in [5.74, 6) is -0.290. The number of amides is 1. The Kier molecular flexibility index (Phi) is 5.68. The van der Waals surface area contributed by atoms with Crippen molar-refractivity contribution in [3.63, 3.8) is 0 Å². The number of hydrogen-bond donors (Lipinski definition) is 0. The number of halogens is 1. The molecule has 0 unspecified atom stereocenters. The van der Waals surface area contributed by atoms with Crippen LogP contribution in [0.5, 0.6) is 0 Å². The molecular formula is C26H29FN4O. The number of pyridine rings is 1. The molecule has 5 nitrogen and oxygen atoms in total. The van der Waals surface area contributed by atoms with Gasteiger partial charge in [-0.05, 0) is 56.0 Å². The van der Waals surface area contributed by atoms with E-state index in [1.54, 1.807) is 12.3 Å². The number of nitrogens with zero attached hydrogens (tertiary/aromatic N) is 4. The van der Waals surface area contributed by atoms with Crippen molar-refractivity contribution in [1.29, 1.82) is 0 Å². The molecule has 2 fully saturated rings. The molecule has 0 radical (unpaired) electrons. The average molecular weight is 433 g/mol. The number of rotatable bonds is 3. The number of benzene rings is 2. The molecule has 0 saturated carbocycles. The summed E-state index contributed by atoms with van der Waals surface area (Å²) in [6.07, 6.45) is 4.93. The van der Waals surface area contributed by atoms with Crippen LogP contribution in [0.4, 0.5) is 15.8 Å². The molecule has 2 aromatic carbocycles. The molecule has 6 heteroatoms. The topological polar surface area (TPSA) is 39.7 Å². The zero-order valence-corrected chi connectivity index (χ0v) is 18.6. The first-order chi connectivity index (χ1) is 15.6. The highest BCUT2D eigenvalue weighted by molar-refractivity contribution is 6.07. The standard InChI is InChI=1S/C26H29FN4O/c1-19-7-3-4-8-24(19)29-13-15-30(16-14-29)25-21-17-20(27)9-10-23(21)28-18-22(25)26(32)31-11-5-2-6-12-31/h3-4,7-10,17-18H,2,5-6,11-16H2,1H3. The van der Waals surface area contributed by atoms with E-state index in [2.05, 4.69) is 46.0 Å². The van der Waals surface area contributed by atoms with Crippen LogP contribution in [-0.4, -0.2) is 55.1 Å². The number of carbonyl (C=O) groups is 1. The van der Waals surface area contributed by atoms with Crippen LogP contribution in [0.25, 0.3) is 10.9 Å². The van der Waals surface area contributed by atoms with Gasteiger partial charge < -0.3 is 14.7 Å². The Morgan fingerprint density at radius 3 is 2.38 bits per heavy atom. The minimum Gasteiger partial charge on any atom is -0.368 e. The normalized spacial score (nSPS) is 17.1. The molecule has 0 atom stereocenters. The fourth-order valence-corrected chi connectivity index (χ4v) is 5.00. The van der Waals surface area contributed by atoms with E-state index >= 15 is 0 Å². The summed E-state index contributed by atoms with van der Waals surface area (Å²) in [4.78, 5) is 24.6. The molecule has 3 heterocycles. The fraction of sp³-hybridized carbons (Fsp3) is 0.385. The Hall–Kier alpha value is -3.15. The molecular weight excluding hydrogens is 403 g/mol. The Balaban J connectivity index is 1.50. The lowest BCUT2D eigenvalue weighted by Crippen LogP contribution is -2.47. The van der Waals surface area contributed by atoms with Crippen LogP contribution in [0.2, 0.25) is 0 Å². The smallest absolute Gasteiger partial charge is 0.257 e. The summed E-state index contributed by atoms with van der Waals surface area (Å²) in [5, 5.41) is 0.720. The van der Waals surface area contributed by atoms with Crippen molar-refractivity contribution in [3.05, 3.63) is 65.6 Å². The van der Waals surface area contributed by atoms with Gasteiger partial charge in [0.25, 0.3) is 5.91 Å². The monoisotopic (exact) mass is 432 g/mol. The van der Waals surface area contributed by atoms with Crippen LogP contribution in [0.3, 0.4) is 0 Å². The first kappa shape index (κ1) is 20.7. The van der Waals surface area contributed by atoms with Gasteiger partial charge in [-0.25, -0.2) is 4.39 Å². The lowest BCUT2D eigenvalue weighted by molar-refractivity contribution is 0.0724. The Morgan fingerprint density at radius 2 is 1.62 bits per heavy atom. The second kappa shape index (κ2) is 8.77. The number of carbonyl (C=O) groups excluding carboxylic acids is 1. The number of aryl methyl sites for hydroxylation is 1. The molecule has 2 saturated heterocycles. The molecule has 32 heavy (non-hydrogen) atoms. The molecule has 0 N–H and O–H groups in total. The maximum Gasteiger partial charge on any atom is 0.257 e. The van der Waals surface area contributed by atoms with E-state index in [1.165, 1.54) is 29.8 Å². The highest BCUT2D eigenvalue weighted by Crippen LogP contribution is 2.33. The van der Waals surface area contributed by atoms with Gasteiger partial charge in [-0.3, -0.25) is 9.78 Å². The molecule has 3 aromatic rings. The highest BCUT2D eigenvalue weighted by Gasteiger charge is 2.28. The Bertz CT molecular complexity index is 1130. The van der Waals surface area contributed by atoms with Crippen LogP contribution in [0.15, 0.2) is 48.7 Å². The number of anilines is 2. The summed E-state index contributed by atoms with van der Waals surface area (Å²) >= 11 is 0. The second-order valence-corrected chi connectivity index (χ2v) is 8.80. The van der Waals surface area contributed by atoms with Crippen molar-refractivity contribution in [2.75, 3.05) is 49.1 Å². The molecule has 2 aliphatic rings. The van der Waals surface area contributed by atoms with Crippen molar-refractivity contribution in [2.45, 2.75) is 26.2 Å². The van der Waals surface area contributed by atoms with Gasteiger partial charge in [-0.2, -0.15) is 0 Å². The van der Waals surface area contributed by atoms with Crippen LogP contribution in [-0.2, 0) is 0 Å². The predicted octanol–water partition coefficient (Wildman–Crippen LogP) is 4.64. The van der Waals surface area contributed by atoms with Crippen LogP contribution in [0.1, 0.15) is 35.2 Å². The maximum absolute atomic E-state index is 14.2. The van der Waals surface area contributed by atoms with Crippen molar-refractivity contribution >= 4 is 28.2 Å². The van der Waals surface area contributed by atoms with Gasteiger partial charge in [0.1, 0.15) is 5.82 Å². The number of para-hydroxylation sites is 1. The highest BCUT2D eigenvalue weighted by atomic mass is 19.1. The summed E-state index contributed by atoms with van der Waals surface area (Å²) in [7, 11) is 0. The van der Waals surface area contributed by atoms with Gasteiger partial charge in [-0.1, -0.05) is 18.2 Å². The fourth-order valence-electron chi connectivity index (χ4n) is 5.00. The summed E-state index contributed by atoms with van der Waals surface area (Å²) in [5.41, 5.74) is 4.66. The first-order valence-electron chi connectivity index (χ1n) is 11.5. The molecule has 1 aromatic heterocycles. The predicted molar refractivity (Wildman–Crippen MR) is 127 cm³/mol. The number of fused-ring (bicyclic) bond motifs is 1. The van der Waals surface area contributed by atoms with Crippen molar-refractivity contribution < 1.29 is 9.18 Å². The van der Waals surface area contributed by atoms with Crippen LogP contribution in [0, 0.1) is 12.7 Å². The third kappa shape index (κ3) is 3.90. The minimum atomic E-state index is -0.304. The lowest BCUT2D eigenvalue weighted by Gasteiger charge is -2.39. The first-order valence-corrected chi connectivity index (χ1v) is 11.5. The number of aromatic nitrogens is 1. The van der Waals surface area contributed by atoms with Gasteiger partial charge in [0.2, 0.25) is 0 Å². The zero-order chi connectivity index (χ0) is 22.1. The molecule has 5 rings (SSSR count). The van der Waals surface area contributed by atoms with E-state index in [1.807, 2.05) is 4.90 Å². The van der Waals surface area contributed by atoms with Crippen LogP contribution < -0.4 is 9.80 Å². The largest absolute Gasteiger partial charge is 0.368 e. The summed E-state index contributed by atoms with van der Waals surface area (Å²) in [6, 6.07) is 13.1. The lowest BCUT2D eigenvalue weighted by atomic mass is 10.0. The number of hydrogen-bond acceptors (Lipinski definition) is 4. The van der Waals surface area contributed by atoms with Gasteiger partial charge >= 0.3 is 0 Å². The van der Waals surface area contributed by atoms with E-state index < -0.39 is 0 Å². The van der Waals surface area contributed by atoms with Crippen molar-refractivity contribution in [1.82, 2.24) is 9.88 Å². The molecule has 1 amide bonds. The average Bonchev–Trinajstić information content (AvgIpc) is 2.84. The quantitative estimate of drug-likeness (QED) is 0.605. The molecule has 2 aliphatic heterocycles. The van der Waals surface area contributed by atoms with E-state index in [4.69, 9.17) is 0 Å². The van der Waals surface area contributed by atoms with Gasteiger partial charge in [0.15, 0.2) is 0 Å². The van der Waals surface area contributed by atoms with Crippen molar-refractivity contribution in [3.8, 4) is 0 Å². The van der Waals surface area contributed by atoms with Gasteiger partial charge in [0, 0.05) is 56.5 Å². The molecule has 0 spiro atoms. The number of piperidine rings is 1. The minimum absolute atomic E-state index is 0.0136. The number of piperazine rings is 1. The Labute approximate surface area is 188 Å². The zero-order valence-electron chi connectivity index (χ0n) is 18.6. The van der Waals surface area contributed by atoms with Crippen molar-refractivity contribution in [2.24, 2.45) is 0 Å². The third-order valence-electron chi connectivity index (χ3n) is 6.73. The Morgan fingerprint density at radius 1 is 0.906 bits per heavy atom. The maximum atomic E-state index is 14.2. The SMILES string of the molecule is Cc1ccccc1N1CCN(c2c(C(=O)N3CCCCC3)cnc3ccc(F)cc23)CC1. The summed E-state index contributed by atoms with van der Waals surface area (Å²) < 4.78 is 14.2. The van der Waals surface area contributed by atoms with E-state index in [9.17, 15) is 9.18 Å². The van der Waals surface area contributed by atoms with Crippen LogP contribution >= 0.6 is 0 Å². The van der Waals surface area contributed by atoms with E-state index in [-0.39, 0.29) is 11.7 Å². The van der Waals surface area contributed by atoms with Gasteiger partial charge in [0.05, 0.1) is 16.8 Å². The molecule has 0 aliphatic carbocycles. The van der Waals surface area contributed by atoms with E-state index in [0.29, 0.717) is 5.56 Å². The third-order valence-corrected chi connectivity index (χ3v) is 6.73. The second-order valence-electron chi connectivity index (χ2n) is 8.80. The summed E-state index contributed by atoms with van der Waals surface area (Å²) in [6.45, 7) is 6.93. The number of likely N-dealkylation sites (tertiary alicyclic amines) is 1. The molecule has 166 valence electrons. The van der Waals surface area contributed by atoms with E-state index in [0.717, 1.165) is 68.7 Å².